The maximum Gasteiger partial charge on any atom is 0.227 e. The van der Waals surface area contributed by atoms with E-state index in [0.717, 1.165) is 36.3 Å². The van der Waals surface area contributed by atoms with Crippen LogP contribution in [0, 0.1) is 25.7 Å². The average molecular weight is 391 g/mol. The fourth-order valence-electron chi connectivity index (χ4n) is 4.19. The zero-order chi connectivity index (χ0) is 20.3. The molecule has 156 valence electrons. The van der Waals surface area contributed by atoms with Gasteiger partial charge in [0.15, 0.2) is 0 Å². The molecule has 1 aromatic rings. The van der Waals surface area contributed by atoms with Crippen LogP contribution in [-0.2, 0) is 27.3 Å². The number of aryl methyl sites for hydroxylation is 1. The van der Waals surface area contributed by atoms with Crippen LogP contribution in [0.1, 0.15) is 43.6 Å². The number of hydrogen-bond acceptors (Lipinski definition) is 4. The van der Waals surface area contributed by atoms with Crippen molar-refractivity contribution in [1.29, 1.82) is 0 Å². The number of hydrogen-bond donors (Lipinski definition) is 0. The summed E-state index contributed by atoms with van der Waals surface area (Å²) >= 11 is 0. The molecule has 1 aromatic heterocycles. The van der Waals surface area contributed by atoms with E-state index in [1.165, 1.54) is 0 Å². The van der Waals surface area contributed by atoms with Gasteiger partial charge in [-0.15, -0.1) is 0 Å². The van der Waals surface area contributed by atoms with E-state index in [1.807, 2.05) is 21.4 Å². The molecule has 3 heterocycles. The number of carbonyl (C=O) groups is 2. The lowest BCUT2D eigenvalue weighted by Crippen LogP contribution is -2.47. The van der Waals surface area contributed by atoms with Crippen LogP contribution in [0.25, 0.3) is 0 Å². The van der Waals surface area contributed by atoms with E-state index in [1.54, 1.807) is 0 Å². The maximum atomic E-state index is 12.9. The number of rotatable bonds is 5. The molecule has 2 saturated heterocycles. The number of ether oxygens (including phenoxy) is 1. The molecule has 0 atom stereocenters. The van der Waals surface area contributed by atoms with Crippen molar-refractivity contribution >= 4 is 11.8 Å². The van der Waals surface area contributed by atoms with Crippen molar-refractivity contribution in [3.05, 3.63) is 17.0 Å². The van der Waals surface area contributed by atoms with Gasteiger partial charge in [-0.3, -0.25) is 14.3 Å². The van der Waals surface area contributed by atoms with Crippen LogP contribution in [0.3, 0.4) is 0 Å². The van der Waals surface area contributed by atoms with E-state index >= 15 is 0 Å². The highest BCUT2D eigenvalue weighted by molar-refractivity contribution is 5.81. The summed E-state index contributed by atoms with van der Waals surface area (Å²) in [5.74, 6) is 0.939. The Bertz CT molecular complexity index is 699. The Morgan fingerprint density at radius 2 is 1.71 bits per heavy atom. The number of carbonyl (C=O) groups excluding carboxylic acids is 2. The van der Waals surface area contributed by atoms with Gasteiger partial charge in [0.05, 0.1) is 25.3 Å². The lowest BCUT2D eigenvalue weighted by molar-refractivity contribution is -0.143. The number of morpholine rings is 1. The normalized spacial score (nSPS) is 18.8. The number of likely N-dealkylation sites (tertiary alicyclic amines) is 1. The zero-order valence-electron chi connectivity index (χ0n) is 17.7. The molecule has 7 heteroatoms. The van der Waals surface area contributed by atoms with Crippen molar-refractivity contribution in [1.82, 2.24) is 19.6 Å². The van der Waals surface area contributed by atoms with Gasteiger partial charge in [0, 0.05) is 49.9 Å². The molecule has 0 spiro atoms. The first kappa shape index (κ1) is 20.8. The average Bonchev–Trinajstić information content (AvgIpc) is 2.95. The Kier molecular flexibility index (Phi) is 6.75. The van der Waals surface area contributed by atoms with Crippen molar-refractivity contribution in [2.24, 2.45) is 11.8 Å². The van der Waals surface area contributed by atoms with Crippen molar-refractivity contribution < 1.29 is 14.3 Å². The minimum Gasteiger partial charge on any atom is -0.378 e. The lowest BCUT2D eigenvalue weighted by Gasteiger charge is -2.35. The van der Waals surface area contributed by atoms with Crippen LogP contribution in [-0.4, -0.2) is 70.8 Å². The number of aromatic nitrogens is 2. The lowest BCUT2D eigenvalue weighted by atomic mass is 9.94. The molecule has 0 aromatic carbocycles. The van der Waals surface area contributed by atoms with Crippen LogP contribution in [0.15, 0.2) is 0 Å². The number of piperidine rings is 1. The predicted molar refractivity (Wildman–Crippen MR) is 107 cm³/mol. The molecule has 2 aliphatic rings. The fourth-order valence-corrected chi connectivity index (χ4v) is 4.19. The van der Waals surface area contributed by atoms with Gasteiger partial charge >= 0.3 is 0 Å². The van der Waals surface area contributed by atoms with Gasteiger partial charge in [-0.2, -0.15) is 5.10 Å². The molecule has 0 radical (unpaired) electrons. The third-order valence-electron chi connectivity index (χ3n) is 5.92. The monoisotopic (exact) mass is 390 g/mol. The van der Waals surface area contributed by atoms with E-state index in [-0.39, 0.29) is 17.7 Å². The summed E-state index contributed by atoms with van der Waals surface area (Å²) < 4.78 is 7.35. The van der Waals surface area contributed by atoms with Crippen molar-refractivity contribution in [3.8, 4) is 0 Å². The highest BCUT2D eigenvalue weighted by atomic mass is 16.5. The second-order valence-electron chi connectivity index (χ2n) is 8.49. The molecule has 0 aliphatic carbocycles. The summed E-state index contributed by atoms with van der Waals surface area (Å²) in [5, 5.41) is 4.62. The molecule has 2 amide bonds. The largest absolute Gasteiger partial charge is 0.378 e. The van der Waals surface area contributed by atoms with Gasteiger partial charge in [-0.05, 0) is 32.6 Å². The highest BCUT2D eigenvalue weighted by Crippen LogP contribution is 2.22. The molecule has 0 bridgehead atoms. The maximum absolute atomic E-state index is 12.9. The smallest absolute Gasteiger partial charge is 0.227 e. The Balaban J connectivity index is 1.54. The predicted octanol–water partition coefficient (Wildman–Crippen LogP) is 1.80. The summed E-state index contributed by atoms with van der Waals surface area (Å²) in [6.45, 7) is 13.2. The molecule has 3 rings (SSSR count). The molecular weight excluding hydrogens is 356 g/mol. The second kappa shape index (κ2) is 9.07. The first-order valence-corrected chi connectivity index (χ1v) is 10.5. The third kappa shape index (κ3) is 4.74. The number of amides is 2. The molecule has 0 saturated carbocycles. The Hall–Kier alpha value is -1.89. The summed E-state index contributed by atoms with van der Waals surface area (Å²) in [7, 11) is 0. The van der Waals surface area contributed by atoms with Crippen LogP contribution in [0.4, 0.5) is 0 Å². The Morgan fingerprint density at radius 1 is 1.07 bits per heavy atom. The standard InChI is InChI=1S/C21H34N4O3/c1-15(2)14-25-17(4)19(16(3)22-25)13-20(26)23-7-5-18(6-8-23)21(27)24-9-11-28-12-10-24/h15,18H,5-14H2,1-4H3. The molecule has 0 unspecified atom stereocenters. The van der Waals surface area contributed by atoms with Crippen LogP contribution >= 0.6 is 0 Å². The summed E-state index contributed by atoms with van der Waals surface area (Å²) in [6.07, 6.45) is 1.91. The van der Waals surface area contributed by atoms with Gasteiger partial charge in [-0.25, -0.2) is 0 Å². The van der Waals surface area contributed by atoms with Crippen molar-refractivity contribution in [2.75, 3.05) is 39.4 Å². The van der Waals surface area contributed by atoms with Gasteiger partial charge in [0.25, 0.3) is 0 Å². The fraction of sp³-hybridized carbons (Fsp3) is 0.762. The van der Waals surface area contributed by atoms with Gasteiger partial charge < -0.3 is 14.5 Å². The third-order valence-corrected chi connectivity index (χ3v) is 5.92. The van der Waals surface area contributed by atoms with Gasteiger partial charge in [0.2, 0.25) is 11.8 Å². The summed E-state index contributed by atoms with van der Waals surface area (Å²) in [6, 6.07) is 0. The van der Waals surface area contributed by atoms with Crippen LogP contribution < -0.4 is 0 Å². The summed E-state index contributed by atoms with van der Waals surface area (Å²) in [5.41, 5.74) is 3.10. The minimum atomic E-state index is 0.0411. The molecular formula is C21H34N4O3. The molecule has 0 N–H and O–H groups in total. The minimum absolute atomic E-state index is 0.0411. The molecule has 7 nitrogen and oxygen atoms in total. The number of nitrogens with zero attached hydrogens (tertiary/aromatic N) is 4. The molecule has 2 fully saturated rings. The topological polar surface area (TPSA) is 67.7 Å². The second-order valence-corrected chi connectivity index (χ2v) is 8.49. The van der Waals surface area contributed by atoms with Crippen LogP contribution in [0.5, 0.6) is 0 Å². The van der Waals surface area contributed by atoms with E-state index in [0.29, 0.717) is 51.7 Å². The van der Waals surface area contributed by atoms with E-state index in [2.05, 4.69) is 25.9 Å². The van der Waals surface area contributed by atoms with Gasteiger partial charge in [-0.1, -0.05) is 13.8 Å². The highest BCUT2D eigenvalue weighted by Gasteiger charge is 2.31. The van der Waals surface area contributed by atoms with Crippen molar-refractivity contribution in [3.63, 3.8) is 0 Å². The van der Waals surface area contributed by atoms with E-state index < -0.39 is 0 Å². The summed E-state index contributed by atoms with van der Waals surface area (Å²) in [4.78, 5) is 29.4. The zero-order valence-corrected chi connectivity index (χ0v) is 17.7. The van der Waals surface area contributed by atoms with Crippen molar-refractivity contribution in [2.45, 2.75) is 53.5 Å². The van der Waals surface area contributed by atoms with E-state index in [4.69, 9.17) is 4.74 Å². The van der Waals surface area contributed by atoms with Gasteiger partial charge in [0.1, 0.15) is 0 Å². The Morgan fingerprint density at radius 3 is 2.32 bits per heavy atom. The molecule has 2 aliphatic heterocycles. The van der Waals surface area contributed by atoms with E-state index in [9.17, 15) is 9.59 Å². The Labute approximate surface area is 168 Å². The first-order chi connectivity index (χ1) is 13.4. The first-order valence-electron chi connectivity index (χ1n) is 10.5. The quantitative estimate of drug-likeness (QED) is 0.769. The SMILES string of the molecule is Cc1nn(CC(C)C)c(C)c1CC(=O)N1CCC(C(=O)N2CCOCC2)CC1. The van der Waals surface area contributed by atoms with Crippen LogP contribution in [0.2, 0.25) is 0 Å². The molecule has 28 heavy (non-hydrogen) atoms.